The van der Waals surface area contributed by atoms with Crippen LogP contribution in [0.25, 0.3) is 0 Å². The van der Waals surface area contributed by atoms with E-state index in [1.165, 1.54) is 38.2 Å². The molecule has 0 saturated heterocycles. The minimum atomic E-state index is -0.104. The smallest absolute Gasteiger partial charge is 0.243 e. The number of rotatable bonds is 6. The molecule has 0 heterocycles. The molecule has 1 saturated carbocycles. The quantitative estimate of drug-likeness (QED) is 0.539. The third kappa shape index (κ3) is 5.57. The van der Waals surface area contributed by atoms with Gasteiger partial charge in [-0.3, -0.25) is 4.79 Å². The van der Waals surface area contributed by atoms with E-state index in [1.807, 2.05) is 0 Å². The summed E-state index contributed by atoms with van der Waals surface area (Å²) in [5.41, 5.74) is 0. The van der Waals surface area contributed by atoms with E-state index in [4.69, 9.17) is 4.74 Å². The Morgan fingerprint density at radius 1 is 1.40 bits per heavy atom. The van der Waals surface area contributed by atoms with Crippen LogP contribution in [0.1, 0.15) is 38.5 Å². The van der Waals surface area contributed by atoms with Gasteiger partial charge >= 0.3 is 0 Å². The Balaban J connectivity index is 1.91. The predicted octanol–water partition coefficient (Wildman–Crippen LogP) is 2.03. The first-order valence-electron chi connectivity index (χ1n) is 5.85. The molecule has 0 aliphatic heterocycles. The first-order chi connectivity index (χ1) is 7.33. The molecule has 0 spiro atoms. The monoisotopic (exact) mass is 211 g/mol. The molecule has 0 radical (unpaired) electrons. The highest BCUT2D eigenvalue weighted by Gasteiger charge is 2.12. The molecule has 3 heteroatoms. The lowest BCUT2D eigenvalue weighted by Gasteiger charge is -2.21. The Morgan fingerprint density at radius 3 is 2.80 bits per heavy atom. The molecular weight excluding hydrogens is 190 g/mol. The van der Waals surface area contributed by atoms with Crippen LogP contribution >= 0.6 is 0 Å². The fourth-order valence-corrected chi connectivity index (χ4v) is 1.84. The standard InChI is InChI=1S/C12H21NO2/c1-2-12(14)13-9-6-10-15-11-7-4-3-5-8-11/h2,11H,1,3-10H2,(H,13,14). The number of carbonyl (C=O) groups excluding carboxylic acids is 1. The zero-order valence-corrected chi connectivity index (χ0v) is 9.34. The van der Waals surface area contributed by atoms with Gasteiger partial charge in [0.15, 0.2) is 0 Å². The van der Waals surface area contributed by atoms with Crippen LogP contribution in [-0.2, 0) is 9.53 Å². The van der Waals surface area contributed by atoms with Gasteiger partial charge < -0.3 is 10.1 Å². The average Bonchev–Trinajstić information content (AvgIpc) is 2.29. The van der Waals surface area contributed by atoms with Crippen molar-refractivity contribution in [3.63, 3.8) is 0 Å². The molecular formula is C12H21NO2. The normalized spacial score (nSPS) is 17.3. The Bertz CT molecular complexity index is 198. The van der Waals surface area contributed by atoms with Crippen molar-refractivity contribution in [3.05, 3.63) is 12.7 Å². The average molecular weight is 211 g/mol. The van der Waals surface area contributed by atoms with Gasteiger partial charge in [0, 0.05) is 13.2 Å². The lowest BCUT2D eigenvalue weighted by atomic mass is 9.98. The van der Waals surface area contributed by atoms with E-state index in [0.717, 1.165) is 13.0 Å². The Hall–Kier alpha value is -0.830. The van der Waals surface area contributed by atoms with Gasteiger partial charge in [-0.1, -0.05) is 25.8 Å². The van der Waals surface area contributed by atoms with E-state index in [1.54, 1.807) is 0 Å². The van der Waals surface area contributed by atoms with E-state index in [0.29, 0.717) is 12.6 Å². The second-order valence-corrected chi connectivity index (χ2v) is 3.98. The van der Waals surface area contributed by atoms with E-state index >= 15 is 0 Å². The van der Waals surface area contributed by atoms with Crippen molar-refractivity contribution in [2.75, 3.05) is 13.2 Å². The zero-order chi connectivity index (χ0) is 10.9. The van der Waals surface area contributed by atoms with Gasteiger partial charge in [-0.15, -0.1) is 0 Å². The SMILES string of the molecule is C=CC(=O)NCCCOC1CCCCC1. The summed E-state index contributed by atoms with van der Waals surface area (Å²) in [5, 5.41) is 2.73. The Morgan fingerprint density at radius 2 is 2.13 bits per heavy atom. The molecule has 1 aliphatic rings. The highest BCUT2D eigenvalue weighted by atomic mass is 16.5. The van der Waals surface area contributed by atoms with Crippen LogP contribution in [0.4, 0.5) is 0 Å². The maximum absolute atomic E-state index is 10.8. The molecule has 0 unspecified atom stereocenters. The highest BCUT2D eigenvalue weighted by molar-refractivity contribution is 5.86. The van der Waals surface area contributed by atoms with Gasteiger partial charge in [0.1, 0.15) is 0 Å². The topological polar surface area (TPSA) is 38.3 Å². The first-order valence-corrected chi connectivity index (χ1v) is 5.85. The lowest BCUT2D eigenvalue weighted by Crippen LogP contribution is -2.24. The van der Waals surface area contributed by atoms with Gasteiger partial charge in [0.05, 0.1) is 6.10 Å². The predicted molar refractivity (Wildman–Crippen MR) is 60.6 cm³/mol. The van der Waals surface area contributed by atoms with Crippen LogP contribution in [0.5, 0.6) is 0 Å². The Kier molecular flexibility index (Phi) is 6.09. The van der Waals surface area contributed by atoms with Crippen LogP contribution in [0.2, 0.25) is 0 Å². The molecule has 3 nitrogen and oxygen atoms in total. The lowest BCUT2D eigenvalue weighted by molar-refractivity contribution is -0.116. The summed E-state index contributed by atoms with van der Waals surface area (Å²) in [7, 11) is 0. The van der Waals surface area contributed by atoms with E-state index in [2.05, 4.69) is 11.9 Å². The highest BCUT2D eigenvalue weighted by Crippen LogP contribution is 2.20. The molecule has 86 valence electrons. The number of hydrogen-bond donors (Lipinski definition) is 1. The first kappa shape index (κ1) is 12.2. The van der Waals surface area contributed by atoms with Crippen molar-refractivity contribution in [3.8, 4) is 0 Å². The van der Waals surface area contributed by atoms with Gasteiger partial charge in [-0.05, 0) is 25.3 Å². The van der Waals surface area contributed by atoms with E-state index < -0.39 is 0 Å². The minimum Gasteiger partial charge on any atom is -0.378 e. The summed E-state index contributed by atoms with van der Waals surface area (Å²) in [5.74, 6) is -0.104. The molecule has 1 rings (SSSR count). The van der Waals surface area contributed by atoms with Crippen LogP contribution in [-0.4, -0.2) is 25.2 Å². The summed E-state index contributed by atoms with van der Waals surface area (Å²) in [6.07, 6.45) is 9.02. The summed E-state index contributed by atoms with van der Waals surface area (Å²) >= 11 is 0. The molecule has 0 aromatic carbocycles. The van der Waals surface area contributed by atoms with Crippen LogP contribution in [0, 0.1) is 0 Å². The number of amides is 1. The van der Waals surface area contributed by atoms with E-state index in [-0.39, 0.29) is 5.91 Å². The van der Waals surface area contributed by atoms with Gasteiger partial charge in [0.25, 0.3) is 0 Å². The van der Waals surface area contributed by atoms with Crippen molar-refractivity contribution in [2.45, 2.75) is 44.6 Å². The number of hydrogen-bond acceptors (Lipinski definition) is 2. The molecule has 0 bridgehead atoms. The van der Waals surface area contributed by atoms with E-state index in [9.17, 15) is 4.79 Å². The van der Waals surface area contributed by atoms with Gasteiger partial charge in [-0.25, -0.2) is 0 Å². The fourth-order valence-electron chi connectivity index (χ4n) is 1.84. The van der Waals surface area contributed by atoms with Crippen molar-refractivity contribution in [1.82, 2.24) is 5.32 Å². The molecule has 1 aliphatic carbocycles. The summed E-state index contributed by atoms with van der Waals surface area (Å²) in [4.78, 5) is 10.8. The molecule has 0 atom stereocenters. The number of carbonyl (C=O) groups is 1. The summed E-state index contributed by atoms with van der Waals surface area (Å²) in [6.45, 7) is 4.82. The van der Waals surface area contributed by atoms with Crippen LogP contribution in [0.3, 0.4) is 0 Å². The second-order valence-electron chi connectivity index (χ2n) is 3.98. The molecule has 1 amide bonds. The third-order valence-corrected chi connectivity index (χ3v) is 2.71. The minimum absolute atomic E-state index is 0.104. The number of nitrogens with one attached hydrogen (secondary N) is 1. The largest absolute Gasteiger partial charge is 0.378 e. The molecule has 0 aromatic heterocycles. The van der Waals surface area contributed by atoms with Gasteiger partial charge in [0.2, 0.25) is 5.91 Å². The van der Waals surface area contributed by atoms with Crippen molar-refractivity contribution >= 4 is 5.91 Å². The second kappa shape index (κ2) is 7.46. The van der Waals surface area contributed by atoms with Crippen molar-refractivity contribution < 1.29 is 9.53 Å². The maximum Gasteiger partial charge on any atom is 0.243 e. The fraction of sp³-hybridized carbons (Fsp3) is 0.750. The molecule has 1 fully saturated rings. The molecule has 15 heavy (non-hydrogen) atoms. The van der Waals surface area contributed by atoms with Crippen LogP contribution < -0.4 is 5.32 Å². The zero-order valence-electron chi connectivity index (χ0n) is 9.34. The van der Waals surface area contributed by atoms with Gasteiger partial charge in [-0.2, -0.15) is 0 Å². The van der Waals surface area contributed by atoms with Crippen LogP contribution in [0.15, 0.2) is 12.7 Å². The summed E-state index contributed by atoms with van der Waals surface area (Å²) in [6, 6.07) is 0. The van der Waals surface area contributed by atoms with Crippen molar-refractivity contribution in [2.24, 2.45) is 0 Å². The van der Waals surface area contributed by atoms with Crippen molar-refractivity contribution in [1.29, 1.82) is 0 Å². The third-order valence-electron chi connectivity index (χ3n) is 2.71. The molecule has 0 aromatic rings. The molecule has 1 N–H and O–H groups in total. The Labute approximate surface area is 91.9 Å². The maximum atomic E-state index is 10.8. The summed E-state index contributed by atoms with van der Waals surface area (Å²) < 4.78 is 5.72. The number of ether oxygens (including phenoxy) is 1.